The first-order valence-corrected chi connectivity index (χ1v) is 14.9. The van der Waals surface area contributed by atoms with Crippen molar-refractivity contribution in [2.24, 2.45) is 0 Å². The van der Waals surface area contributed by atoms with E-state index in [2.05, 4.69) is 19.2 Å². The minimum absolute atomic E-state index is 0.167. The van der Waals surface area contributed by atoms with Gasteiger partial charge >= 0.3 is 5.97 Å². The van der Waals surface area contributed by atoms with Crippen LogP contribution in [-0.2, 0) is 28.3 Å². The smallest absolute Gasteiger partial charge is 0.337 e. The van der Waals surface area contributed by atoms with Crippen LogP contribution in [0.25, 0.3) is 11.0 Å². The lowest BCUT2D eigenvalue weighted by Gasteiger charge is -2.33. The van der Waals surface area contributed by atoms with Crippen LogP contribution in [0.3, 0.4) is 0 Å². The number of imidazole rings is 1. The fourth-order valence-corrected chi connectivity index (χ4v) is 6.56. The number of esters is 1. The number of thioether (sulfide) groups is 1. The van der Waals surface area contributed by atoms with Gasteiger partial charge in [0.25, 0.3) is 0 Å². The van der Waals surface area contributed by atoms with E-state index in [4.69, 9.17) is 26.1 Å². The lowest BCUT2D eigenvalue weighted by atomic mass is 10.1. The van der Waals surface area contributed by atoms with E-state index in [1.165, 1.54) is 13.2 Å². The third-order valence-electron chi connectivity index (χ3n) is 7.72. The average molecular weight is 584 g/mol. The van der Waals surface area contributed by atoms with Gasteiger partial charge in [0, 0.05) is 30.5 Å². The summed E-state index contributed by atoms with van der Waals surface area (Å²) in [5.74, 6) is 0.862. The molecule has 0 spiro atoms. The molecule has 0 saturated carbocycles. The van der Waals surface area contributed by atoms with Crippen LogP contribution in [0.1, 0.15) is 47.1 Å². The number of piperidine rings is 1. The van der Waals surface area contributed by atoms with E-state index >= 15 is 0 Å². The lowest BCUT2D eigenvalue weighted by molar-refractivity contribution is -0.0592. The summed E-state index contributed by atoms with van der Waals surface area (Å²) in [6.45, 7) is 4.05. The van der Waals surface area contributed by atoms with Crippen molar-refractivity contribution in [2.75, 3.05) is 26.8 Å². The Hall–Kier alpha value is -2.92. The highest BCUT2D eigenvalue weighted by Crippen LogP contribution is 2.31. The van der Waals surface area contributed by atoms with Crippen molar-refractivity contribution in [2.45, 2.75) is 55.3 Å². The number of hydrogen-bond acceptors (Lipinski definition) is 7. The number of aromatic nitrogens is 4. The molecule has 4 heterocycles. The first-order chi connectivity index (χ1) is 19.5. The van der Waals surface area contributed by atoms with E-state index in [9.17, 15) is 9.18 Å². The fourth-order valence-electron chi connectivity index (χ4n) is 5.38. The molecule has 1 atom stereocenters. The van der Waals surface area contributed by atoms with Crippen LogP contribution in [0.15, 0.2) is 53.7 Å². The molecule has 0 radical (unpaired) electrons. The van der Waals surface area contributed by atoms with Crippen molar-refractivity contribution in [1.82, 2.24) is 24.2 Å². The SMILES string of the molecule is COC(=O)c1ccc2nc(CN3CCC(n4nccc4SCc4ccc(Cl)cc4F)CC3)n(C[C@@H]3CCO3)c2c1. The zero-order chi connectivity index (χ0) is 27.6. The predicted octanol–water partition coefficient (Wildman–Crippen LogP) is 5.73. The van der Waals surface area contributed by atoms with Crippen molar-refractivity contribution in [3.63, 3.8) is 0 Å². The molecule has 11 heteroatoms. The number of nitrogens with zero attached hydrogens (tertiary/aromatic N) is 5. The fraction of sp³-hybridized carbons (Fsp3) is 0.414. The van der Waals surface area contributed by atoms with Gasteiger partial charge in [0.05, 0.1) is 60.2 Å². The number of likely N-dealkylation sites (tertiary alicyclic amines) is 1. The average Bonchev–Trinajstić information content (AvgIpc) is 3.54. The van der Waals surface area contributed by atoms with Gasteiger partial charge in [-0.2, -0.15) is 5.10 Å². The van der Waals surface area contributed by atoms with Gasteiger partial charge in [-0.3, -0.25) is 9.58 Å². The summed E-state index contributed by atoms with van der Waals surface area (Å²) >= 11 is 7.49. The zero-order valence-electron chi connectivity index (χ0n) is 22.3. The van der Waals surface area contributed by atoms with Crippen LogP contribution in [-0.4, -0.2) is 63.1 Å². The number of halogens is 2. The maximum atomic E-state index is 14.3. The predicted molar refractivity (Wildman–Crippen MR) is 152 cm³/mol. The Morgan fingerprint density at radius 3 is 2.73 bits per heavy atom. The monoisotopic (exact) mass is 583 g/mol. The minimum atomic E-state index is -0.354. The number of carbonyl (C=O) groups is 1. The Bertz CT molecular complexity index is 1510. The minimum Gasteiger partial charge on any atom is -0.465 e. The lowest BCUT2D eigenvalue weighted by Crippen LogP contribution is -2.36. The first-order valence-electron chi connectivity index (χ1n) is 13.5. The van der Waals surface area contributed by atoms with Gasteiger partial charge in [0.15, 0.2) is 0 Å². The Kier molecular flexibility index (Phi) is 8.11. The molecule has 0 aliphatic carbocycles. The van der Waals surface area contributed by atoms with Crippen LogP contribution < -0.4 is 0 Å². The molecule has 2 aliphatic heterocycles. The molecule has 6 rings (SSSR count). The molecule has 0 N–H and O–H groups in total. The number of methoxy groups -OCH3 is 1. The van der Waals surface area contributed by atoms with Crippen molar-refractivity contribution in [1.29, 1.82) is 0 Å². The van der Waals surface area contributed by atoms with Gasteiger partial charge in [-0.25, -0.2) is 14.2 Å². The summed E-state index contributed by atoms with van der Waals surface area (Å²) in [5, 5.41) is 6.06. The second-order valence-corrected chi connectivity index (χ2v) is 11.7. The molecule has 210 valence electrons. The van der Waals surface area contributed by atoms with Crippen LogP contribution in [0.5, 0.6) is 0 Å². The molecule has 40 heavy (non-hydrogen) atoms. The molecule has 2 aromatic heterocycles. The molecular weight excluding hydrogens is 553 g/mol. The molecule has 2 fully saturated rings. The third-order valence-corrected chi connectivity index (χ3v) is 9.03. The van der Waals surface area contributed by atoms with E-state index in [1.54, 1.807) is 30.0 Å². The Labute approximate surface area is 241 Å². The van der Waals surface area contributed by atoms with Crippen LogP contribution in [0, 0.1) is 5.82 Å². The van der Waals surface area contributed by atoms with E-state index in [0.717, 1.165) is 73.9 Å². The summed E-state index contributed by atoms with van der Waals surface area (Å²) in [7, 11) is 1.39. The molecule has 4 aromatic rings. The summed E-state index contributed by atoms with van der Waals surface area (Å²) in [5.41, 5.74) is 2.95. The van der Waals surface area contributed by atoms with E-state index < -0.39 is 0 Å². The molecule has 2 aliphatic rings. The Balaban J connectivity index is 1.13. The number of hydrogen-bond donors (Lipinski definition) is 0. The Morgan fingerprint density at radius 1 is 1.18 bits per heavy atom. The van der Waals surface area contributed by atoms with Crippen molar-refractivity contribution >= 4 is 40.4 Å². The zero-order valence-corrected chi connectivity index (χ0v) is 23.8. The number of carbonyl (C=O) groups excluding carboxylic acids is 1. The summed E-state index contributed by atoms with van der Waals surface area (Å²) in [6.07, 6.45) is 4.93. The van der Waals surface area contributed by atoms with Gasteiger partial charge in [-0.05, 0) is 61.2 Å². The van der Waals surface area contributed by atoms with Gasteiger partial charge in [0.1, 0.15) is 11.6 Å². The van der Waals surface area contributed by atoms with E-state index in [0.29, 0.717) is 21.9 Å². The Morgan fingerprint density at radius 2 is 2.00 bits per heavy atom. The molecule has 0 bridgehead atoms. The van der Waals surface area contributed by atoms with Gasteiger partial charge in [0.2, 0.25) is 0 Å². The van der Waals surface area contributed by atoms with E-state index in [-0.39, 0.29) is 23.9 Å². The normalized spacial score (nSPS) is 18.2. The van der Waals surface area contributed by atoms with Crippen LogP contribution >= 0.6 is 23.4 Å². The molecule has 2 saturated heterocycles. The molecule has 0 unspecified atom stereocenters. The maximum absolute atomic E-state index is 14.3. The second kappa shape index (κ2) is 11.9. The van der Waals surface area contributed by atoms with Crippen LogP contribution in [0.4, 0.5) is 4.39 Å². The highest BCUT2D eigenvalue weighted by Gasteiger charge is 2.26. The van der Waals surface area contributed by atoms with Crippen molar-refractivity contribution in [3.8, 4) is 0 Å². The number of ether oxygens (including phenoxy) is 2. The topological polar surface area (TPSA) is 74.4 Å². The summed E-state index contributed by atoms with van der Waals surface area (Å²) in [6, 6.07) is 12.6. The quantitative estimate of drug-likeness (QED) is 0.184. The highest BCUT2D eigenvalue weighted by molar-refractivity contribution is 7.98. The number of rotatable bonds is 9. The standard InChI is InChI=1S/C29H31ClFN5O3S/c1-38-29(37)19-3-5-25-26(14-19)35(16-23-9-13-39-23)27(33-25)17-34-11-7-22(8-12-34)36-28(6-10-32-36)40-18-20-2-4-21(30)15-24(20)31/h2-6,10,14-15,22-23H,7-9,11-13,16-18H2,1H3/t23-/m0/s1. The first kappa shape index (κ1) is 27.3. The maximum Gasteiger partial charge on any atom is 0.337 e. The van der Waals surface area contributed by atoms with Crippen LogP contribution in [0.2, 0.25) is 5.02 Å². The largest absolute Gasteiger partial charge is 0.465 e. The number of benzene rings is 2. The van der Waals surface area contributed by atoms with Crippen molar-refractivity contribution in [3.05, 3.63) is 76.5 Å². The van der Waals surface area contributed by atoms with Gasteiger partial charge in [-0.1, -0.05) is 17.7 Å². The third kappa shape index (κ3) is 5.76. The highest BCUT2D eigenvalue weighted by atomic mass is 35.5. The number of fused-ring (bicyclic) bond motifs is 1. The van der Waals surface area contributed by atoms with Gasteiger partial charge in [-0.15, -0.1) is 11.8 Å². The van der Waals surface area contributed by atoms with Crippen molar-refractivity contribution < 1.29 is 18.7 Å². The molecule has 0 amide bonds. The van der Waals surface area contributed by atoms with Gasteiger partial charge < -0.3 is 14.0 Å². The second-order valence-electron chi connectivity index (χ2n) is 10.3. The molecule has 2 aromatic carbocycles. The summed E-state index contributed by atoms with van der Waals surface area (Å²) < 4.78 is 29.2. The molecular formula is C29H31ClFN5O3S. The van der Waals surface area contributed by atoms with E-state index in [1.807, 2.05) is 24.4 Å². The summed E-state index contributed by atoms with van der Waals surface area (Å²) in [4.78, 5) is 19.5. The molecule has 8 nitrogen and oxygen atoms in total.